The van der Waals surface area contributed by atoms with E-state index in [1.165, 1.54) is 6.07 Å². The molecule has 0 saturated heterocycles. The number of hydrogen-bond donors (Lipinski definition) is 3. The summed E-state index contributed by atoms with van der Waals surface area (Å²) in [6.45, 7) is 0. The van der Waals surface area contributed by atoms with E-state index in [9.17, 15) is 27.9 Å². The van der Waals surface area contributed by atoms with E-state index in [2.05, 4.69) is 10.9 Å². The van der Waals surface area contributed by atoms with Crippen LogP contribution in [0.1, 0.15) is 31.2 Å². The summed E-state index contributed by atoms with van der Waals surface area (Å²) in [7, 11) is 0. The first kappa shape index (κ1) is 17.8. The summed E-state index contributed by atoms with van der Waals surface area (Å²) in [5, 5.41) is 9.60. The maximum atomic E-state index is 12.5. The van der Waals surface area contributed by atoms with Gasteiger partial charge in [-0.3, -0.25) is 15.0 Å². The summed E-state index contributed by atoms with van der Waals surface area (Å²) >= 11 is 0. The Morgan fingerprint density at radius 3 is 2.54 bits per heavy atom. The lowest BCUT2D eigenvalue weighted by molar-refractivity contribution is -0.166. The van der Waals surface area contributed by atoms with Crippen LogP contribution in [-0.2, 0) is 16.0 Å². The summed E-state index contributed by atoms with van der Waals surface area (Å²) in [6, 6.07) is 6.56. The molecule has 0 atom stereocenters. The molecule has 0 bridgehead atoms. The van der Waals surface area contributed by atoms with Crippen LogP contribution in [0, 0.1) is 0 Å². The van der Waals surface area contributed by atoms with Crippen molar-refractivity contribution >= 4 is 11.7 Å². The zero-order valence-corrected chi connectivity index (χ0v) is 12.7. The van der Waals surface area contributed by atoms with Crippen LogP contribution in [0.15, 0.2) is 35.5 Å². The van der Waals surface area contributed by atoms with E-state index in [4.69, 9.17) is 0 Å². The number of Topliss-reactive ketones (excluding diaryl/α,β-unsaturated/α-hetero) is 1. The molecule has 1 aliphatic rings. The molecule has 130 valence electrons. The molecule has 1 aromatic carbocycles. The standard InChI is InChI=1S/C16H17F3N2O3/c17-16(18,19)15(24)11-5-3-6-12(11)20-21-14(23)9-8-10-4-1-2-7-13(10)22/h1-2,4,7,20,22H,3,5-6,8-9H2,(H,21,23). The van der Waals surface area contributed by atoms with Crippen molar-refractivity contribution in [3.63, 3.8) is 0 Å². The predicted molar refractivity (Wildman–Crippen MR) is 79.6 cm³/mol. The SMILES string of the molecule is O=C(CCc1ccccc1O)NNC1=C(C(=O)C(F)(F)F)CCC1. The van der Waals surface area contributed by atoms with Crippen molar-refractivity contribution in [1.29, 1.82) is 0 Å². The van der Waals surface area contributed by atoms with Crippen LogP contribution in [0.25, 0.3) is 0 Å². The van der Waals surface area contributed by atoms with Crippen LogP contribution in [-0.4, -0.2) is 23.0 Å². The van der Waals surface area contributed by atoms with Crippen molar-refractivity contribution in [3.05, 3.63) is 41.1 Å². The van der Waals surface area contributed by atoms with Gasteiger partial charge in [0, 0.05) is 17.7 Å². The fourth-order valence-electron chi connectivity index (χ4n) is 2.48. The minimum atomic E-state index is -4.92. The van der Waals surface area contributed by atoms with Gasteiger partial charge in [-0.15, -0.1) is 0 Å². The highest BCUT2D eigenvalue weighted by Crippen LogP contribution is 2.30. The van der Waals surface area contributed by atoms with Crippen molar-refractivity contribution in [2.45, 2.75) is 38.3 Å². The Hall–Kier alpha value is -2.51. The maximum Gasteiger partial charge on any atom is 0.454 e. The van der Waals surface area contributed by atoms with E-state index in [0.29, 0.717) is 12.0 Å². The van der Waals surface area contributed by atoms with E-state index >= 15 is 0 Å². The van der Waals surface area contributed by atoms with Crippen molar-refractivity contribution in [1.82, 2.24) is 10.9 Å². The molecule has 0 aliphatic heterocycles. The third kappa shape index (κ3) is 4.50. The number of carbonyl (C=O) groups excluding carboxylic acids is 2. The highest BCUT2D eigenvalue weighted by molar-refractivity contribution is 6.00. The quantitative estimate of drug-likeness (QED) is 0.694. The summed E-state index contributed by atoms with van der Waals surface area (Å²) in [5.41, 5.74) is 5.11. The van der Waals surface area contributed by atoms with Gasteiger partial charge in [-0.2, -0.15) is 13.2 Å². The van der Waals surface area contributed by atoms with E-state index in [1.54, 1.807) is 18.2 Å². The normalized spacial score (nSPS) is 14.6. The number of alkyl halides is 3. The van der Waals surface area contributed by atoms with Crippen molar-refractivity contribution in [2.75, 3.05) is 0 Å². The number of allylic oxidation sites excluding steroid dienone is 2. The van der Waals surface area contributed by atoms with Gasteiger partial charge in [-0.05, 0) is 37.3 Å². The van der Waals surface area contributed by atoms with Crippen LogP contribution in [0.2, 0.25) is 0 Å². The molecular weight excluding hydrogens is 325 g/mol. The van der Waals surface area contributed by atoms with Gasteiger partial charge in [0.05, 0.1) is 0 Å². The number of phenols is 1. The molecule has 5 nitrogen and oxygen atoms in total. The molecule has 1 aliphatic carbocycles. The summed E-state index contributed by atoms with van der Waals surface area (Å²) in [6.07, 6.45) is -3.85. The highest BCUT2D eigenvalue weighted by atomic mass is 19.4. The molecule has 0 heterocycles. The number of aromatic hydroxyl groups is 1. The number of carbonyl (C=O) groups is 2. The number of benzene rings is 1. The average Bonchev–Trinajstić information content (AvgIpc) is 2.98. The number of rotatable bonds is 6. The second-order valence-corrected chi connectivity index (χ2v) is 5.44. The van der Waals surface area contributed by atoms with E-state index in [1.807, 2.05) is 0 Å². The van der Waals surface area contributed by atoms with Crippen molar-refractivity contribution in [3.8, 4) is 5.75 Å². The minimum absolute atomic E-state index is 0.0361. The molecule has 0 spiro atoms. The number of ketones is 1. The van der Waals surface area contributed by atoms with Crippen LogP contribution in [0.3, 0.4) is 0 Å². The third-order valence-electron chi connectivity index (χ3n) is 3.72. The number of nitrogens with one attached hydrogen (secondary N) is 2. The Morgan fingerprint density at radius 1 is 1.17 bits per heavy atom. The van der Waals surface area contributed by atoms with Crippen LogP contribution < -0.4 is 10.9 Å². The molecule has 0 aromatic heterocycles. The number of para-hydroxylation sites is 1. The Bertz CT molecular complexity index is 669. The monoisotopic (exact) mass is 342 g/mol. The van der Waals surface area contributed by atoms with E-state index in [0.717, 1.165) is 0 Å². The van der Waals surface area contributed by atoms with Gasteiger partial charge in [-0.25, -0.2) is 0 Å². The number of hydrogen-bond acceptors (Lipinski definition) is 4. The lowest BCUT2D eigenvalue weighted by atomic mass is 10.1. The molecule has 8 heteroatoms. The van der Waals surface area contributed by atoms with Crippen LogP contribution >= 0.6 is 0 Å². The Kier molecular flexibility index (Phi) is 5.48. The highest BCUT2D eigenvalue weighted by Gasteiger charge is 2.42. The molecule has 24 heavy (non-hydrogen) atoms. The first-order valence-corrected chi connectivity index (χ1v) is 7.44. The van der Waals surface area contributed by atoms with Gasteiger partial charge in [0.2, 0.25) is 5.91 Å². The molecular formula is C16H17F3N2O3. The van der Waals surface area contributed by atoms with Crippen molar-refractivity contribution < 1.29 is 27.9 Å². The fraction of sp³-hybridized carbons (Fsp3) is 0.375. The van der Waals surface area contributed by atoms with Gasteiger partial charge >= 0.3 is 6.18 Å². The van der Waals surface area contributed by atoms with Crippen LogP contribution in [0.5, 0.6) is 5.75 Å². The topological polar surface area (TPSA) is 78.4 Å². The zero-order chi connectivity index (χ0) is 17.7. The number of halogens is 3. The number of hydrazine groups is 1. The Labute approximate surface area is 136 Å². The van der Waals surface area contributed by atoms with Crippen molar-refractivity contribution in [2.24, 2.45) is 0 Å². The fourth-order valence-corrected chi connectivity index (χ4v) is 2.48. The second-order valence-electron chi connectivity index (χ2n) is 5.44. The molecule has 3 N–H and O–H groups in total. The molecule has 1 aromatic rings. The van der Waals surface area contributed by atoms with Gasteiger partial charge in [-0.1, -0.05) is 18.2 Å². The summed E-state index contributed by atoms with van der Waals surface area (Å²) in [5.74, 6) is -2.24. The first-order chi connectivity index (χ1) is 11.3. The number of phenolic OH excluding ortho intramolecular Hbond substituents is 1. The Morgan fingerprint density at radius 2 is 1.88 bits per heavy atom. The van der Waals surface area contributed by atoms with E-state index < -0.39 is 17.9 Å². The van der Waals surface area contributed by atoms with Crippen LogP contribution in [0.4, 0.5) is 13.2 Å². The largest absolute Gasteiger partial charge is 0.508 e. The summed E-state index contributed by atoms with van der Waals surface area (Å²) < 4.78 is 37.5. The number of amides is 1. The molecule has 2 rings (SSSR count). The third-order valence-corrected chi connectivity index (χ3v) is 3.72. The summed E-state index contributed by atoms with van der Waals surface area (Å²) in [4.78, 5) is 23.1. The molecule has 1 amide bonds. The number of aryl methyl sites for hydroxylation is 1. The van der Waals surface area contributed by atoms with Gasteiger partial charge < -0.3 is 10.5 Å². The zero-order valence-electron chi connectivity index (χ0n) is 12.7. The second kappa shape index (κ2) is 7.37. The first-order valence-electron chi connectivity index (χ1n) is 7.44. The Balaban J connectivity index is 1.89. The molecule has 0 fully saturated rings. The maximum absolute atomic E-state index is 12.5. The van der Waals surface area contributed by atoms with E-state index in [-0.39, 0.29) is 42.7 Å². The minimum Gasteiger partial charge on any atom is -0.508 e. The van der Waals surface area contributed by atoms with Gasteiger partial charge in [0.15, 0.2) is 0 Å². The predicted octanol–water partition coefficient (Wildman–Crippen LogP) is 2.52. The van der Waals surface area contributed by atoms with Gasteiger partial charge in [0.25, 0.3) is 5.78 Å². The molecule has 0 saturated carbocycles. The average molecular weight is 342 g/mol. The lowest BCUT2D eigenvalue weighted by Crippen LogP contribution is -2.38. The molecule has 0 radical (unpaired) electrons. The van der Waals surface area contributed by atoms with Gasteiger partial charge in [0.1, 0.15) is 5.75 Å². The smallest absolute Gasteiger partial charge is 0.454 e. The lowest BCUT2D eigenvalue weighted by Gasteiger charge is -2.12. The molecule has 0 unspecified atom stereocenters.